The second kappa shape index (κ2) is 4.48. The van der Waals surface area contributed by atoms with Gasteiger partial charge in [0, 0.05) is 5.69 Å². The van der Waals surface area contributed by atoms with Gasteiger partial charge in [-0.3, -0.25) is 0 Å². The molecule has 2 N–H and O–H groups in total. The average molecular weight is 219 g/mol. The Balaban J connectivity index is 3.13. The molecule has 1 heteroatoms. The molecular formula is C15H25N. The van der Waals surface area contributed by atoms with Gasteiger partial charge in [-0.1, -0.05) is 39.8 Å². The zero-order valence-corrected chi connectivity index (χ0v) is 11.5. The van der Waals surface area contributed by atoms with Crippen LogP contribution in [0.25, 0.3) is 0 Å². The van der Waals surface area contributed by atoms with E-state index in [2.05, 4.69) is 53.7 Å². The fourth-order valence-corrected chi connectivity index (χ4v) is 2.50. The predicted molar refractivity (Wildman–Crippen MR) is 72.8 cm³/mol. The summed E-state index contributed by atoms with van der Waals surface area (Å²) in [7, 11) is 0. The minimum absolute atomic E-state index is 0.234. The second-order valence-electron chi connectivity index (χ2n) is 6.01. The largest absolute Gasteiger partial charge is 0.398 e. The van der Waals surface area contributed by atoms with Crippen LogP contribution in [-0.4, -0.2) is 0 Å². The van der Waals surface area contributed by atoms with Crippen molar-refractivity contribution in [2.75, 3.05) is 5.73 Å². The molecule has 1 rings (SSSR count). The number of nitrogens with two attached hydrogens (primary N) is 1. The van der Waals surface area contributed by atoms with Crippen LogP contribution in [0.3, 0.4) is 0 Å². The van der Waals surface area contributed by atoms with Gasteiger partial charge < -0.3 is 5.73 Å². The first-order valence-electron chi connectivity index (χ1n) is 6.11. The van der Waals surface area contributed by atoms with Gasteiger partial charge in [0.05, 0.1) is 0 Å². The highest BCUT2D eigenvalue weighted by molar-refractivity contribution is 5.55. The van der Waals surface area contributed by atoms with Crippen molar-refractivity contribution < 1.29 is 0 Å². The molecule has 0 amide bonds. The molecule has 1 aromatic rings. The van der Waals surface area contributed by atoms with E-state index in [1.807, 2.05) is 0 Å². The van der Waals surface area contributed by atoms with Crippen molar-refractivity contribution in [2.45, 2.75) is 53.4 Å². The normalized spacial score (nSPS) is 12.2. The molecule has 0 aliphatic rings. The molecule has 0 heterocycles. The van der Waals surface area contributed by atoms with Crippen LogP contribution >= 0.6 is 0 Å². The van der Waals surface area contributed by atoms with E-state index in [0.29, 0.717) is 5.92 Å². The Morgan fingerprint density at radius 1 is 1.12 bits per heavy atom. The van der Waals surface area contributed by atoms with Gasteiger partial charge in [0.15, 0.2) is 0 Å². The molecule has 16 heavy (non-hydrogen) atoms. The molecule has 0 radical (unpaired) electrons. The van der Waals surface area contributed by atoms with Crippen molar-refractivity contribution in [3.8, 4) is 0 Å². The van der Waals surface area contributed by atoms with E-state index in [-0.39, 0.29) is 5.41 Å². The van der Waals surface area contributed by atoms with E-state index in [1.165, 1.54) is 23.1 Å². The molecule has 0 saturated heterocycles. The second-order valence-corrected chi connectivity index (χ2v) is 6.01. The summed E-state index contributed by atoms with van der Waals surface area (Å²) in [5.41, 5.74) is 11.0. The molecule has 0 fully saturated rings. The Hall–Kier alpha value is -0.980. The van der Waals surface area contributed by atoms with E-state index < -0.39 is 0 Å². The van der Waals surface area contributed by atoms with Gasteiger partial charge in [-0.15, -0.1) is 0 Å². The summed E-state index contributed by atoms with van der Waals surface area (Å²) in [4.78, 5) is 0. The zero-order valence-electron chi connectivity index (χ0n) is 11.5. The fraction of sp³-hybridized carbons (Fsp3) is 0.600. The van der Waals surface area contributed by atoms with Crippen molar-refractivity contribution >= 4 is 5.69 Å². The number of aryl methyl sites for hydroxylation is 2. The molecule has 0 saturated carbocycles. The Kier molecular flexibility index (Phi) is 3.67. The van der Waals surface area contributed by atoms with E-state index in [9.17, 15) is 0 Å². The number of rotatable bonds is 3. The highest BCUT2D eigenvalue weighted by Gasteiger charge is 2.22. The van der Waals surface area contributed by atoms with Crippen LogP contribution in [0.5, 0.6) is 0 Å². The Morgan fingerprint density at radius 3 is 1.94 bits per heavy atom. The summed E-state index contributed by atoms with van der Waals surface area (Å²) in [5.74, 6) is 0.716. The standard InChI is InChI=1S/C15H25N/c1-10(2)9-15(5,6)13-7-11(3)14(16)12(4)8-13/h7-8,10H,9,16H2,1-6H3. The summed E-state index contributed by atoms with van der Waals surface area (Å²) >= 11 is 0. The third-order valence-electron chi connectivity index (χ3n) is 3.29. The molecule has 0 aliphatic carbocycles. The first kappa shape index (κ1) is 13.1. The lowest BCUT2D eigenvalue weighted by molar-refractivity contribution is 0.399. The smallest absolute Gasteiger partial charge is 0.0373 e. The first-order valence-corrected chi connectivity index (χ1v) is 6.11. The van der Waals surface area contributed by atoms with Gasteiger partial charge in [-0.05, 0) is 48.3 Å². The molecule has 0 aliphatic heterocycles. The molecule has 0 spiro atoms. The minimum atomic E-state index is 0.234. The number of benzene rings is 1. The summed E-state index contributed by atoms with van der Waals surface area (Å²) in [6, 6.07) is 4.48. The molecule has 90 valence electrons. The Morgan fingerprint density at radius 2 is 1.56 bits per heavy atom. The predicted octanol–water partition coefficient (Wildman–Crippen LogP) is 4.21. The van der Waals surface area contributed by atoms with Crippen LogP contribution in [0, 0.1) is 19.8 Å². The van der Waals surface area contributed by atoms with Crippen LogP contribution in [0.2, 0.25) is 0 Å². The third-order valence-corrected chi connectivity index (χ3v) is 3.29. The van der Waals surface area contributed by atoms with Crippen molar-refractivity contribution in [2.24, 2.45) is 5.92 Å². The zero-order chi connectivity index (χ0) is 12.5. The average Bonchev–Trinajstić information content (AvgIpc) is 2.11. The number of nitrogen functional groups attached to an aromatic ring is 1. The summed E-state index contributed by atoms with van der Waals surface area (Å²) in [6.07, 6.45) is 1.20. The van der Waals surface area contributed by atoms with Crippen molar-refractivity contribution in [1.82, 2.24) is 0 Å². The number of hydrogen-bond donors (Lipinski definition) is 1. The minimum Gasteiger partial charge on any atom is -0.398 e. The van der Waals surface area contributed by atoms with E-state index in [4.69, 9.17) is 5.73 Å². The van der Waals surface area contributed by atoms with Crippen molar-refractivity contribution in [1.29, 1.82) is 0 Å². The summed E-state index contributed by atoms with van der Waals surface area (Å²) in [5, 5.41) is 0. The lowest BCUT2D eigenvalue weighted by Gasteiger charge is -2.28. The molecule has 0 bridgehead atoms. The topological polar surface area (TPSA) is 26.0 Å². The SMILES string of the molecule is Cc1cc(C(C)(C)CC(C)C)cc(C)c1N. The van der Waals surface area contributed by atoms with Crippen molar-refractivity contribution in [3.63, 3.8) is 0 Å². The molecule has 1 nitrogen and oxygen atoms in total. The van der Waals surface area contributed by atoms with E-state index in [1.54, 1.807) is 0 Å². The quantitative estimate of drug-likeness (QED) is 0.757. The van der Waals surface area contributed by atoms with Crippen LogP contribution < -0.4 is 5.73 Å². The van der Waals surface area contributed by atoms with Crippen LogP contribution in [0.15, 0.2) is 12.1 Å². The lowest BCUT2D eigenvalue weighted by atomic mass is 9.77. The lowest BCUT2D eigenvalue weighted by Crippen LogP contribution is -2.20. The summed E-state index contributed by atoms with van der Waals surface area (Å²) in [6.45, 7) is 13.4. The maximum Gasteiger partial charge on any atom is 0.0373 e. The highest BCUT2D eigenvalue weighted by Crippen LogP contribution is 2.33. The van der Waals surface area contributed by atoms with Gasteiger partial charge >= 0.3 is 0 Å². The molecule has 0 aromatic heterocycles. The van der Waals surface area contributed by atoms with Gasteiger partial charge in [-0.2, -0.15) is 0 Å². The fourth-order valence-electron chi connectivity index (χ4n) is 2.50. The van der Waals surface area contributed by atoms with E-state index in [0.717, 1.165) is 5.69 Å². The maximum absolute atomic E-state index is 6.00. The molecule has 0 atom stereocenters. The molecular weight excluding hydrogens is 194 g/mol. The number of anilines is 1. The van der Waals surface area contributed by atoms with Crippen LogP contribution in [-0.2, 0) is 5.41 Å². The molecule has 1 aromatic carbocycles. The Bertz CT molecular complexity index is 352. The van der Waals surface area contributed by atoms with Gasteiger partial charge in [0.25, 0.3) is 0 Å². The van der Waals surface area contributed by atoms with Crippen LogP contribution in [0.1, 0.15) is 50.8 Å². The monoisotopic (exact) mass is 219 g/mol. The first-order chi connectivity index (χ1) is 7.24. The molecule has 0 unspecified atom stereocenters. The van der Waals surface area contributed by atoms with Gasteiger partial charge in [0.1, 0.15) is 0 Å². The number of hydrogen-bond acceptors (Lipinski definition) is 1. The van der Waals surface area contributed by atoms with Crippen molar-refractivity contribution in [3.05, 3.63) is 28.8 Å². The van der Waals surface area contributed by atoms with Crippen LogP contribution in [0.4, 0.5) is 5.69 Å². The Labute approximate surface area is 100 Å². The highest BCUT2D eigenvalue weighted by atomic mass is 14.6. The van der Waals surface area contributed by atoms with Gasteiger partial charge in [-0.25, -0.2) is 0 Å². The summed E-state index contributed by atoms with van der Waals surface area (Å²) < 4.78 is 0. The van der Waals surface area contributed by atoms with E-state index >= 15 is 0 Å². The third kappa shape index (κ3) is 2.78. The maximum atomic E-state index is 6.00. The van der Waals surface area contributed by atoms with Gasteiger partial charge in [0.2, 0.25) is 0 Å².